The molecule has 0 saturated heterocycles. The SMILES string of the molecule is CC1(C)c2ccccc2-c2ccc(N(c3ccc4c(c3)oc3ccccc34)c3ccc4c5ccccc5n(-c5ccc(-c6cccc7c6-c6ccc(-c8ccccc8)cc6C76c7ccccc7-c7ccc(-c8ccccc8)cc76)c6ccccc56)c4c3)cc21. The van der Waals surface area contributed by atoms with Crippen LogP contribution in [0, 0.1) is 0 Å². The van der Waals surface area contributed by atoms with Gasteiger partial charge in [-0.2, -0.15) is 0 Å². The van der Waals surface area contributed by atoms with Crippen molar-refractivity contribution in [3.63, 3.8) is 0 Å². The lowest BCUT2D eigenvalue weighted by Crippen LogP contribution is -2.26. The van der Waals surface area contributed by atoms with Crippen molar-refractivity contribution in [1.29, 1.82) is 0 Å². The molecule has 3 heteroatoms. The molecule has 1 unspecified atom stereocenters. The molecule has 89 heavy (non-hydrogen) atoms. The van der Waals surface area contributed by atoms with E-state index in [-0.39, 0.29) is 5.41 Å². The van der Waals surface area contributed by atoms with Gasteiger partial charge in [0.05, 0.1) is 22.1 Å². The third kappa shape index (κ3) is 6.98. The highest BCUT2D eigenvalue weighted by atomic mass is 16.3. The van der Waals surface area contributed by atoms with Crippen molar-refractivity contribution in [2.24, 2.45) is 0 Å². The number of fused-ring (bicyclic) bond motifs is 20. The Kier molecular flexibility index (Phi) is 10.5. The molecule has 416 valence electrons. The average Bonchev–Trinajstić information content (AvgIpc) is 1.51. The molecule has 1 atom stereocenters. The Hall–Kier alpha value is -11.3. The molecular formula is C86H56N2O. The predicted octanol–water partition coefficient (Wildman–Crippen LogP) is 23.0. The van der Waals surface area contributed by atoms with Crippen molar-refractivity contribution >= 4 is 71.6 Å². The van der Waals surface area contributed by atoms with Crippen LogP contribution in [0.5, 0.6) is 0 Å². The zero-order valence-corrected chi connectivity index (χ0v) is 49.2. The van der Waals surface area contributed by atoms with Crippen LogP contribution in [0.4, 0.5) is 17.1 Å². The maximum Gasteiger partial charge on any atom is 0.137 e. The van der Waals surface area contributed by atoms with Crippen LogP contribution in [0.1, 0.15) is 47.2 Å². The molecule has 0 N–H and O–H groups in total. The maximum absolute atomic E-state index is 6.64. The molecule has 14 aromatic carbocycles. The van der Waals surface area contributed by atoms with Crippen molar-refractivity contribution in [2.45, 2.75) is 24.7 Å². The Labute approximate surface area is 516 Å². The molecule has 19 rings (SSSR count). The molecular weight excluding hydrogens is 1080 g/mol. The Morgan fingerprint density at radius 1 is 0.281 bits per heavy atom. The van der Waals surface area contributed by atoms with Gasteiger partial charge in [0.25, 0.3) is 0 Å². The number of hydrogen-bond donors (Lipinski definition) is 0. The van der Waals surface area contributed by atoms with Crippen LogP contribution in [-0.2, 0) is 10.8 Å². The second-order valence-corrected chi connectivity index (χ2v) is 25.0. The number of anilines is 3. The summed E-state index contributed by atoms with van der Waals surface area (Å²) in [6.07, 6.45) is 0. The molecule has 0 bridgehead atoms. The van der Waals surface area contributed by atoms with Gasteiger partial charge in [0, 0.05) is 55.5 Å². The van der Waals surface area contributed by atoms with Gasteiger partial charge in [0.1, 0.15) is 11.2 Å². The van der Waals surface area contributed by atoms with E-state index in [1.165, 1.54) is 122 Å². The molecule has 0 fully saturated rings. The monoisotopic (exact) mass is 1130 g/mol. The first kappa shape index (κ1) is 49.9. The third-order valence-corrected chi connectivity index (χ3v) is 20.2. The second kappa shape index (κ2) is 18.6. The molecule has 2 aromatic heterocycles. The summed E-state index contributed by atoms with van der Waals surface area (Å²) in [5, 5.41) is 7.01. The largest absolute Gasteiger partial charge is 0.456 e. The summed E-state index contributed by atoms with van der Waals surface area (Å²) in [5.74, 6) is 0. The number of furan rings is 1. The van der Waals surface area contributed by atoms with Crippen LogP contribution in [0.2, 0.25) is 0 Å². The first-order valence-corrected chi connectivity index (χ1v) is 31.1. The lowest BCUT2D eigenvalue weighted by molar-refractivity contribution is 0.660. The molecule has 2 heterocycles. The van der Waals surface area contributed by atoms with Crippen LogP contribution in [0.25, 0.3) is 127 Å². The molecule has 3 nitrogen and oxygen atoms in total. The Bertz CT molecular complexity index is 5670. The van der Waals surface area contributed by atoms with Crippen LogP contribution in [-0.4, -0.2) is 4.57 Å². The van der Waals surface area contributed by atoms with E-state index in [1.807, 2.05) is 6.07 Å². The first-order valence-electron chi connectivity index (χ1n) is 31.1. The summed E-state index contributed by atoms with van der Waals surface area (Å²) in [7, 11) is 0. The highest BCUT2D eigenvalue weighted by molar-refractivity contribution is 6.14. The van der Waals surface area contributed by atoms with Crippen molar-refractivity contribution in [3.05, 3.63) is 337 Å². The maximum atomic E-state index is 6.64. The molecule has 0 saturated carbocycles. The lowest BCUT2D eigenvalue weighted by atomic mass is 9.69. The summed E-state index contributed by atoms with van der Waals surface area (Å²) in [4.78, 5) is 2.43. The summed E-state index contributed by atoms with van der Waals surface area (Å²) < 4.78 is 9.16. The molecule has 16 aromatic rings. The number of benzene rings is 14. The number of nitrogens with zero attached hydrogens (tertiary/aromatic N) is 2. The van der Waals surface area contributed by atoms with E-state index in [4.69, 9.17) is 4.42 Å². The van der Waals surface area contributed by atoms with Crippen LogP contribution in [0.15, 0.2) is 308 Å². The van der Waals surface area contributed by atoms with Crippen LogP contribution in [0.3, 0.4) is 0 Å². The smallest absolute Gasteiger partial charge is 0.137 e. The van der Waals surface area contributed by atoms with Gasteiger partial charge in [0.2, 0.25) is 0 Å². The van der Waals surface area contributed by atoms with Crippen LogP contribution >= 0.6 is 0 Å². The quantitative estimate of drug-likeness (QED) is 0.159. The van der Waals surface area contributed by atoms with E-state index in [2.05, 4.69) is 321 Å². The number of para-hydroxylation sites is 2. The topological polar surface area (TPSA) is 21.3 Å². The van der Waals surface area contributed by atoms with Gasteiger partial charge in [-0.15, -0.1) is 0 Å². The van der Waals surface area contributed by atoms with Gasteiger partial charge in [-0.1, -0.05) is 244 Å². The minimum Gasteiger partial charge on any atom is -0.456 e. The van der Waals surface area contributed by atoms with Crippen molar-refractivity contribution in [1.82, 2.24) is 4.57 Å². The van der Waals surface area contributed by atoms with E-state index in [0.717, 1.165) is 55.7 Å². The lowest BCUT2D eigenvalue weighted by Gasteiger charge is -2.31. The number of aromatic nitrogens is 1. The fourth-order valence-corrected chi connectivity index (χ4v) is 16.3. The van der Waals surface area contributed by atoms with Crippen molar-refractivity contribution in [3.8, 4) is 72.4 Å². The molecule has 3 aliphatic rings. The van der Waals surface area contributed by atoms with E-state index >= 15 is 0 Å². The Morgan fingerprint density at radius 3 is 1.56 bits per heavy atom. The normalized spacial score (nSPS) is 14.8. The minimum absolute atomic E-state index is 0.184. The van der Waals surface area contributed by atoms with Crippen molar-refractivity contribution in [2.75, 3.05) is 4.90 Å². The molecule has 0 aliphatic heterocycles. The van der Waals surface area contributed by atoms with E-state index < -0.39 is 5.41 Å². The van der Waals surface area contributed by atoms with Gasteiger partial charge < -0.3 is 13.9 Å². The molecule has 1 spiro atoms. The second-order valence-electron chi connectivity index (χ2n) is 25.0. The van der Waals surface area contributed by atoms with Gasteiger partial charge in [-0.3, -0.25) is 0 Å². The summed E-state index contributed by atoms with van der Waals surface area (Å²) in [6.45, 7) is 4.73. The van der Waals surface area contributed by atoms with Crippen LogP contribution < -0.4 is 4.90 Å². The standard InChI is InChI=1S/C86H56N2O/c1-85(2)73-31-15-11-25-62(73)64-43-38-57(50-76(64)85)87(59-40-45-70-69-29-14-18-35-82(69)89-83(70)52-59)58-39-44-68-67-28-13-17-34-79(67)88(81(68)51-58)80-47-46-61(60-24-9-10-27-66(60)80)71-30-19-33-75-84(71)72-42-37-56(54-22-7-4-8-23-54)49-78(72)86(75)74-32-16-12-26-63(74)65-41-36-55(48-77(65)86)53-20-5-3-6-21-53/h3-52H,1-2H3. The predicted molar refractivity (Wildman–Crippen MR) is 370 cm³/mol. The highest BCUT2D eigenvalue weighted by Crippen LogP contribution is 2.65. The summed E-state index contributed by atoms with van der Waals surface area (Å²) >= 11 is 0. The minimum atomic E-state index is -0.578. The average molecular weight is 1130 g/mol. The van der Waals surface area contributed by atoms with Gasteiger partial charge in [-0.05, 0) is 172 Å². The molecule has 0 radical (unpaired) electrons. The summed E-state index contributed by atoms with van der Waals surface area (Å²) in [6, 6.07) is 113. The fraction of sp³-hybridized carbons (Fsp3) is 0.0465. The van der Waals surface area contributed by atoms with Crippen molar-refractivity contribution < 1.29 is 4.42 Å². The third-order valence-electron chi connectivity index (χ3n) is 20.2. The zero-order valence-electron chi connectivity index (χ0n) is 49.2. The van der Waals surface area contributed by atoms with Gasteiger partial charge in [-0.25, -0.2) is 0 Å². The Balaban J connectivity index is 0.822. The van der Waals surface area contributed by atoms with E-state index in [0.29, 0.717) is 0 Å². The van der Waals surface area contributed by atoms with Gasteiger partial charge in [0.15, 0.2) is 0 Å². The fourth-order valence-electron chi connectivity index (χ4n) is 16.3. The molecule has 3 aliphatic carbocycles. The zero-order chi connectivity index (χ0) is 58.7. The van der Waals surface area contributed by atoms with Gasteiger partial charge >= 0.3 is 0 Å². The highest BCUT2D eigenvalue weighted by Gasteiger charge is 2.52. The Morgan fingerprint density at radius 2 is 0.787 bits per heavy atom. The summed E-state index contributed by atoms with van der Waals surface area (Å²) in [5.41, 5.74) is 30.6. The molecule has 0 amide bonds. The number of hydrogen-bond acceptors (Lipinski definition) is 2. The number of rotatable bonds is 7. The van der Waals surface area contributed by atoms with E-state index in [9.17, 15) is 0 Å². The van der Waals surface area contributed by atoms with E-state index in [1.54, 1.807) is 0 Å². The first-order chi connectivity index (χ1) is 43.9.